The monoisotopic (exact) mass is 969 g/mol. The molecule has 0 amide bonds. The van der Waals surface area contributed by atoms with E-state index in [9.17, 15) is 0 Å². The van der Waals surface area contributed by atoms with E-state index >= 15 is 0 Å². The molecule has 16 aromatic rings. The van der Waals surface area contributed by atoms with E-state index in [1.54, 1.807) is 0 Å². The van der Waals surface area contributed by atoms with Crippen LogP contribution in [0.15, 0.2) is 261 Å². The number of aromatic nitrogens is 7. The molecule has 7 heteroatoms. The van der Waals surface area contributed by atoms with Crippen molar-refractivity contribution in [2.24, 2.45) is 0 Å². The van der Waals surface area contributed by atoms with Gasteiger partial charge in [0.05, 0.1) is 44.1 Å². The first kappa shape index (κ1) is 42.2. The van der Waals surface area contributed by atoms with Crippen LogP contribution in [0, 0.1) is 0 Å². The number of para-hydroxylation sites is 6. The van der Waals surface area contributed by atoms with Gasteiger partial charge >= 0.3 is 0 Å². The van der Waals surface area contributed by atoms with Gasteiger partial charge in [-0.05, 0) is 84.9 Å². The topological polar surface area (TPSA) is 58.4 Å². The van der Waals surface area contributed by atoms with E-state index in [-0.39, 0.29) is 0 Å². The summed E-state index contributed by atoms with van der Waals surface area (Å²) < 4.78 is 9.80. The zero-order valence-corrected chi connectivity index (χ0v) is 41.0. The molecule has 0 spiro atoms. The molecule has 0 fully saturated rings. The van der Waals surface area contributed by atoms with Gasteiger partial charge in [-0.1, -0.05) is 176 Å². The van der Waals surface area contributed by atoms with Crippen LogP contribution in [-0.2, 0) is 0 Å². The van der Waals surface area contributed by atoms with Gasteiger partial charge in [-0.25, -0.2) is 15.0 Å². The van der Waals surface area contributed by atoms with Crippen LogP contribution in [-0.4, -0.2) is 33.2 Å². The minimum Gasteiger partial charge on any atom is -0.309 e. The highest BCUT2D eigenvalue weighted by Gasteiger charge is 2.26. The van der Waals surface area contributed by atoms with E-state index in [4.69, 9.17) is 15.0 Å². The molecular formula is C69H43N7. The Morgan fingerprint density at radius 3 is 1.24 bits per heavy atom. The minimum absolute atomic E-state index is 0.608. The Labute approximate surface area is 436 Å². The van der Waals surface area contributed by atoms with E-state index in [0.29, 0.717) is 17.5 Å². The SMILES string of the molecule is c1ccc(-c2nc(-c3ccccc3)nc(-c3cccc4c5c(ccc6c7ccccc7n(-c7ccc8c(c7)c7ccc9c(c%10ccccc%10n9-c9ccccc9)c7n8-c7ccccc7)c65)n(-c5ccccc5)c34)n2)cc1. The first-order chi connectivity index (χ1) is 37.7. The van der Waals surface area contributed by atoms with Crippen molar-refractivity contribution in [3.63, 3.8) is 0 Å². The number of rotatable bonds is 7. The summed E-state index contributed by atoms with van der Waals surface area (Å²) in [6, 6.07) is 93.3. The maximum Gasteiger partial charge on any atom is 0.166 e. The Hall–Kier alpha value is -10.4. The summed E-state index contributed by atoms with van der Waals surface area (Å²) in [7, 11) is 0. The predicted molar refractivity (Wildman–Crippen MR) is 313 cm³/mol. The molecule has 76 heavy (non-hydrogen) atoms. The fourth-order valence-electron chi connectivity index (χ4n) is 12.2. The van der Waals surface area contributed by atoms with Gasteiger partial charge in [0.1, 0.15) is 0 Å². The Balaban J connectivity index is 1.01. The van der Waals surface area contributed by atoms with Crippen molar-refractivity contribution in [3.8, 4) is 56.9 Å². The molecule has 0 saturated heterocycles. The Morgan fingerprint density at radius 2 is 0.632 bits per heavy atom. The summed E-state index contributed by atoms with van der Waals surface area (Å²) in [6.07, 6.45) is 0. The van der Waals surface area contributed by atoms with Crippen LogP contribution in [0.1, 0.15) is 0 Å². The molecule has 16 rings (SSSR count). The third-order valence-corrected chi connectivity index (χ3v) is 15.4. The number of benzene rings is 11. The maximum absolute atomic E-state index is 5.30. The largest absolute Gasteiger partial charge is 0.309 e. The van der Waals surface area contributed by atoms with E-state index in [1.807, 2.05) is 36.4 Å². The zero-order valence-electron chi connectivity index (χ0n) is 41.0. The van der Waals surface area contributed by atoms with Gasteiger partial charge in [-0.15, -0.1) is 0 Å². The van der Waals surface area contributed by atoms with Crippen molar-refractivity contribution < 1.29 is 0 Å². The lowest BCUT2D eigenvalue weighted by Gasteiger charge is -2.12. The van der Waals surface area contributed by atoms with Crippen LogP contribution in [0.25, 0.3) is 144 Å². The summed E-state index contributed by atoms with van der Waals surface area (Å²) in [4.78, 5) is 15.7. The molecule has 0 bridgehead atoms. The van der Waals surface area contributed by atoms with Gasteiger partial charge in [0.25, 0.3) is 0 Å². The summed E-state index contributed by atoms with van der Waals surface area (Å²) in [5.41, 5.74) is 16.2. The summed E-state index contributed by atoms with van der Waals surface area (Å²) in [6.45, 7) is 0. The molecule has 0 radical (unpaired) electrons. The number of fused-ring (bicyclic) bond motifs is 14. The lowest BCUT2D eigenvalue weighted by molar-refractivity contribution is 1.07. The van der Waals surface area contributed by atoms with Gasteiger partial charge in [-0.3, -0.25) is 0 Å². The van der Waals surface area contributed by atoms with Gasteiger partial charge < -0.3 is 18.3 Å². The smallest absolute Gasteiger partial charge is 0.166 e. The number of hydrogen-bond acceptors (Lipinski definition) is 3. The Kier molecular flexibility index (Phi) is 9.20. The maximum atomic E-state index is 5.30. The van der Waals surface area contributed by atoms with Gasteiger partial charge in [0.2, 0.25) is 0 Å². The first-order valence-electron chi connectivity index (χ1n) is 25.8. The van der Waals surface area contributed by atoms with Crippen LogP contribution in [0.4, 0.5) is 0 Å². The molecule has 0 aliphatic heterocycles. The van der Waals surface area contributed by atoms with Crippen molar-refractivity contribution in [1.82, 2.24) is 33.2 Å². The third kappa shape index (κ3) is 6.20. The number of nitrogens with zero attached hydrogens (tertiary/aromatic N) is 7. The standard InChI is InChI=1S/C69H43N7/c1-6-21-44(22-7-1)67-70-68(45-23-8-2-9-24-45)72-69(71-67)55-34-20-33-54-63-61(75(64(54)55)48-29-14-5-15-30-48)42-38-51-50-31-16-18-35-57(50)76(65(51)63)49-37-40-59-56(43-49)52-39-41-60-62(66(52)74(59)47-27-12-4-13-28-47)53-32-17-19-36-58(53)73(60)46-25-10-3-11-26-46/h1-43H. The van der Waals surface area contributed by atoms with Gasteiger partial charge in [-0.2, -0.15) is 0 Å². The molecule has 0 N–H and O–H groups in total. The molecular weight excluding hydrogens is 927 g/mol. The van der Waals surface area contributed by atoms with Gasteiger partial charge in [0, 0.05) is 82.5 Å². The van der Waals surface area contributed by atoms with Gasteiger partial charge in [0.15, 0.2) is 17.5 Å². The molecule has 5 heterocycles. The molecule has 5 aromatic heterocycles. The quantitative estimate of drug-likeness (QED) is 0.160. The molecule has 354 valence electrons. The first-order valence-corrected chi connectivity index (χ1v) is 25.8. The van der Waals surface area contributed by atoms with Crippen LogP contribution >= 0.6 is 0 Å². The highest BCUT2D eigenvalue weighted by Crippen LogP contribution is 2.47. The Morgan fingerprint density at radius 1 is 0.224 bits per heavy atom. The van der Waals surface area contributed by atoms with Crippen molar-refractivity contribution in [2.45, 2.75) is 0 Å². The van der Waals surface area contributed by atoms with Crippen molar-refractivity contribution >= 4 is 87.2 Å². The van der Waals surface area contributed by atoms with Crippen LogP contribution < -0.4 is 0 Å². The zero-order chi connectivity index (χ0) is 49.8. The van der Waals surface area contributed by atoms with Crippen molar-refractivity contribution in [3.05, 3.63) is 261 Å². The normalized spacial score (nSPS) is 11.9. The number of hydrogen-bond donors (Lipinski definition) is 0. The summed E-state index contributed by atoms with van der Waals surface area (Å²) in [5, 5.41) is 9.45. The minimum atomic E-state index is 0.608. The van der Waals surface area contributed by atoms with E-state index in [2.05, 4.69) is 243 Å². The molecule has 0 atom stereocenters. The van der Waals surface area contributed by atoms with E-state index in [1.165, 1.54) is 48.9 Å². The fourth-order valence-corrected chi connectivity index (χ4v) is 12.2. The highest BCUT2D eigenvalue weighted by molar-refractivity contribution is 6.29. The highest BCUT2D eigenvalue weighted by atomic mass is 15.1. The fraction of sp³-hybridized carbons (Fsp3) is 0. The molecule has 11 aromatic carbocycles. The second-order valence-corrected chi connectivity index (χ2v) is 19.5. The summed E-state index contributed by atoms with van der Waals surface area (Å²) >= 11 is 0. The van der Waals surface area contributed by atoms with E-state index < -0.39 is 0 Å². The third-order valence-electron chi connectivity index (χ3n) is 15.4. The molecule has 7 nitrogen and oxygen atoms in total. The average Bonchev–Trinajstić information content (AvgIpc) is 4.24. The van der Waals surface area contributed by atoms with Crippen molar-refractivity contribution in [1.29, 1.82) is 0 Å². The molecule has 0 unspecified atom stereocenters. The molecule has 0 saturated carbocycles. The second kappa shape index (κ2) is 16.6. The molecule has 0 aliphatic carbocycles. The average molecular weight is 970 g/mol. The van der Waals surface area contributed by atoms with Crippen LogP contribution in [0.5, 0.6) is 0 Å². The Bertz CT molecular complexity index is 4900. The second-order valence-electron chi connectivity index (χ2n) is 19.5. The lowest BCUT2D eigenvalue weighted by atomic mass is 10.0. The lowest BCUT2D eigenvalue weighted by Crippen LogP contribution is -2.02. The van der Waals surface area contributed by atoms with Crippen LogP contribution in [0.3, 0.4) is 0 Å². The van der Waals surface area contributed by atoms with Crippen LogP contribution in [0.2, 0.25) is 0 Å². The molecule has 0 aliphatic rings. The predicted octanol–water partition coefficient (Wildman–Crippen LogP) is 17.3. The van der Waals surface area contributed by atoms with Crippen molar-refractivity contribution in [2.75, 3.05) is 0 Å². The van der Waals surface area contributed by atoms with E-state index in [0.717, 1.165) is 77.8 Å². The summed E-state index contributed by atoms with van der Waals surface area (Å²) in [5.74, 6) is 1.85.